The molecule has 0 bridgehead atoms. The van der Waals surface area contributed by atoms with E-state index in [0.717, 1.165) is 18.2 Å². The first-order valence-corrected chi connectivity index (χ1v) is 7.09. The minimum atomic E-state index is 0.667. The number of guanidine groups is 1. The van der Waals surface area contributed by atoms with Crippen molar-refractivity contribution in [1.82, 2.24) is 15.6 Å². The number of hydrogen-bond donors (Lipinski definition) is 2. The van der Waals surface area contributed by atoms with Gasteiger partial charge in [-0.2, -0.15) is 0 Å². The van der Waals surface area contributed by atoms with Crippen molar-refractivity contribution in [2.24, 2.45) is 4.99 Å². The lowest BCUT2D eigenvalue weighted by atomic mass is 10.1. The van der Waals surface area contributed by atoms with Crippen molar-refractivity contribution in [2.75, 3.05) is 7.05 Å². The van der Waals surface area contributed by atoms with Crippen LogP contribution < -0.4 is 10.6 Å². The first-order valence-electron chi connectivity index (χ1n) is 7.09. The van der Waals surface area contributed by atoms with E-state index in [0.29, 0.717) is 6.54 Å². The number of nitrogens with zero attached hydrogens (tertiary/aromatic N) is 2. The average Bonchev–Trinajstić information content (AvgIpc) is 2.51. The molecule has 21 heavy (non-hydrogen) atoms. The SMILES string of the molecule is CN=C(NCc1ccc(C)cc1)NCc1ncccc1C. The lowest BCUT2D eigenvalue weighted by Crippen LogP contribution is -2.36. The molecular formula is C17H22N4. The van der Waals surface area contributed by atoms with Gasteiger partial charge in [0.15, 0.2) is 5.96 Å². The first-order chi connectivity index (χ1) is 10.2. The Balaban J connectivity index is 1.86. The number of benzene rings is 1. The molecule has 4 nitrogen and oxygen atoms in total. The highest BCUT2D eigenvalue weighted by molar-refractivity contribution is 5.79. The molecule has 0 spiro atoms. The summed E-state index contributed by atoms with van der Waals surface area (Å²) in [5, 5.41) is 6.59. The highest BCUT2D eigenvalue weighted by Crippen LogP contribution is 2.03. The molecule has 2 N–H and O–H groups in total. The zero-order chi connectivity index (χ0) is 15.1. The van der Waals surface area contributed by atoms with Crippen LogP contribution in [0, 0.1) is 13.8 Å². The van der Waals surface area contributed by atoms with Crippen LogP contribution in [0.25, 0.3) is 0 Å². The molecule has 2 rings (SSSR count). The van der Waals surface area contributed by atoms with Gasteiger partial charge in [-0.15, -0.1) is 0 Å². The molecule has 4 heteroatoms. The Kier molecular flexibility index (Phi) is 5.32. The van der Waals surface area contributed by atoms with Gasteiger partial charge >= 0.3 is 0 Å². The van der Waals surface area contributed by atoms with Crippen molar-refractivity contribution < 1.29 is 0 Å². The third-order valence-corrected chi connectivity index (χ3v) is 3.35. The van der Waals surface area contributed by atoms with Crippen molar-refractivity contribution >= 4 is 5.96 Å². The van der Waals surface area contributed by atoms with Crippen molar-refractivity contribution in [1.29, 1.82) is 0 Å². The van der Waals surface area contributed by atoms with Crippen LogP contribution in [0.15, 0.2) is 47.6 Å². The minimum absolute atomic E-state index is 0.667. The molecule has 0 radical (unpaired) electrons. The van der Waals surface area contributed by atoms with Gasteiger partial charge in [0.25, 0.3) is 0 Å². The molecule has 0 unspecified atom stereocenters. The summed E-state index contributed by atoms with van der Waals surface area (Å²) >= 11 is 0. The Morgan fingerprint density at radius 3 is 2.43 bits per heavy atom. The van der Waals surface area contributed by atoms with Crippen LogP contribution in [-0.4, -0.2) is 18.0 Å². The third kappa shape index (κ3) is 4.60. The molecule has 0 saturated heterocycles. The highest BCUT2D eigenvalue weighted by atomic mass is 15.2. The molecule has 1 aromatic carbocycles. The molecule has 1 heterocycles. The zero-order valence-electron chi connectivity index (χ0n) is 12.9. The van der Waals surface area contributed by atoms with E-state index in [9.17, 15) is 0 Å². The topological polar surface area (TPSA) is 49.3 Å². The summed E-state index contributed by atoms with van der Waals surface area (Å²) in [6.07, 6.45) is 1.81. The van der Waals surface area contributed by atoms with E-state index >= 15 is 0 Å². The standard InChI is InChI=1S/C17H22N4/c1-13-6-8-15(9-7-13)11-20-17(18-3)21-12-16-14(2)5-4-10-19-16/h4-10H,11-12H2,1-3H3,(H2,18,20,21). The number of nitrogens with one attached hydrogen (secondary N) is 2. The highest BCUT2D eigenvalue weighted by Gasteiger charge is 2.01. The Labute approximate surface area is 126 Å². The van der Waals surface area contributed by atoms with Gasteiger partial charge in [0.05, 0.1) is 12.2 Å². The largest absolute Gasteiger partial charge is 0.352 e. The van der Waals surface area contributed by atoms with Crippen LogP contribution in [0.5, 0.6) is 0 Å². The fraction of sp³-hybridized carbons (Fsp3) is 0.294. The summed E-state index contributed by atoms with van der Waals surface area (Å²) in [6, 6.07) is 12.5. The van der Waals surface area contributed by atoms with E-state index in [1.165, 1.54) is 16.7 Å². The fourth-order valence-electron chi connectivity index (χ4n) is 1.98. The molecule has 110 valence electrons. The smallest absolute Gasteiger partial charge is 0.191 e. The second-order valence-electron chi connectivity index (χ2n) is 5.03. The van der Waals surface area contributed by atoms with Gasteiger partial charge < -0.3 is 10.6 Å². The van der Waals surface area contributed by atoms with E-state index in [2.05, 4.69) is 64.8 Å². The second-order valence-corrected chi connectivity index (χ2v) is 5.03. The van der Waals surface area contributed by atoms with E-state index < -0.39 is 0 Å². The third-order valence-electron chi connectivity index (χ3n) is 3.35. The Bertz CT molecular complexity index is 602. The fourth-order valence-corrected chi connectivity index (χ4v) is 1.98. The summed E-state index contributed by atoms with van der Waals surface area (Å²) in [4.78, 5) is 8.60. The maximum Gasteiger partial charge on any atom is 0.191 e. The van der Waals surface area contributed by atoms with Crippen LogP contribution in [0.3, 0.4) is 0 Å². The van der Waals surface area contributed by atoms with Gasteiger partial charge in [0.2, 0.25) is 0 Å². The van der Waals surface area contributed by atoms with Crippen molar-refractivity contribution in [2.45, 2.75) is 26.9 Å². The van der Waals surface area contributed by atoms with Crippen LogP contribution in [0.4, 0.5) is 0 Å². The first kappa shape index (κ1) is 15.0. The van der Waals surface area contributed by atoms with Gasteiger partial charge in [-0.25, -0.2) is 0 Å². The molecule has 0 atom stereocenters. The minimum Gasteiger partial charge on any atom is -0.352 e. The summed E-state index contributed by atoms with van der Waals surface area (Å²) in [5.41, 5.74) is 4.72. The van der Waals surface area contributed by atoms with E-state index in [1.807, 2.05) is 12.3 Å². The van der Waals surface area contributed by atoms with Crippen LogP contribution >= 0.6 is 0 Å². The molecule has 2 aromatic rings. The van der Waals surface area contributed by atoms with E-state index in [1.54, 1.807) is 7.05 Å². The summed E-state index contributed by atoms with van der Waals surface area (Å²) in [7, 11) is 1.77. The molecule has 0 amide bonds. The normalized spacial score (nSPS) is 11.3. The van der Waals surface area contributed by atoms with Crippen LogP contribution in [0.2, 0.25) is 0 Å². The Morgan fingerprint density at radius 1 is 1.05 bits per heavy atom. The maximum atomic E-state index is 4.37. The number of aryl methyl sites for hydroxylation is 2. The summed E-state index contributed by atoms with van der Waals surface area (Å²) in [6.45, 7) is 5.57. The van der Waals surface area contributed by atoms with Gasteiger partial charge in [-0.3, -0.25) is 9.98 Å². The lowest BCUT2D eigenvalue weighted by molar-refractivity contribution is 0.790. The number of aliphatic imine (C=N–C) groups is 1. The predicted octanol–water partition coefficient (Wildman–Crippen LogP) is 2.56. The summed E-state index contributed by atoms with van der Waals surface area (Å²) in [5.74, 6) is 0.778. The van der Waals surface area contributed by atoms with Crippen LogP contribution in [0.1, 0.15) is 22.4 Å². The molecule has 0 aliphatic heterocycles. The molecule has 0 saturated carbocycles. The summed E-state index contributed by atoms with van der Waals surface area (Å²) < 4.78 is 0. The van der Waals surface area contributed by atoms with Gasteiger partial charge in [-0.1, -0.05) is 35.9 Å². The molecule has 0 fully saturated rings. The molecule has 1 aromatic heterocycles. The van der Waals surface area contributed by atoms with Gasteiger partial charge in [-0.05, 0) is 31.0 Å². The predicted molar refractivity (Wildman–Crippen MR) is 87.2 cm³/mol. The second kappa shape index (κ2) is 7.43. The number of hydrogen-bond acceptors (Lipinski definition) is 2. The van der Waals surface area contributed by atoms with Gasteiger partial charge in [0.1, 0.15) is 0 Å². The van der Waals surface area contributed by atoms with E-state index in [4.69, 9.17) is 0 Å². The monoisotopic (exact) mass is 282 g/mol. The lowest BCUT2D eigenvalue weighted by Gasteiger charge is -2.12. The van der Waals surface area contributed by atoms with E-state index in [-0.39, 0.29) is 0 Å². The number of rotatable bonds is 4. The van der Waals surface area contributed by atoms with Crippen molar-refractivity contribution in [3.05, 3.63) is 65.0 Å². The Hall–Kier alpha value is -2.36. The number of aromatic nitrogens is 1. The van der Waals surface area contributed by atoms with Crippen molar-refractivity contribution in [3.63, 3.8) is 0 Å². The average molecular weight is 282 g/mol. The van der Waals surface area contributed by atoms with Crippen molar-refractivity contribution in [3.8, 4) is 0 Å². The van der Waals surface area contributed by atoms with Crippen LogP contribution in [-0.2, 0) is 13.1 Å². The maximum absolute atomic E-state index is 4.37. The zero-order valence-corrected chi connectivity index (χ0v) is 12.9. The van der Waals surface area contributed by atoms with Gasteiger partial charge in [0, 0.05) is 19.8 Å². The molecule has 0 aliphatic carbocycles. The molecular weight excluding hydrogens is 260 g/mol. The Morgan fingerprint density at radius 2 is 1.76 bits per heavy atom. The quantitative estimate of drug-likeness (QED) is 0.669. The molecule has 0 aliphatic rings. The number of pyridine rings is 1.